The number of ether oxygens (including phenoxy) is 2. The largest absolute Gasteiger partial charge is 0.493 e. The number of nitrogens with zero attached hydrogens (tertiary/aromatic N) is 1. The third-order valence-corrected chi connectivity index (χ3v) is 4.98. The first-order valence-electron chi connectivity index (χ1n) is 8.61. The van der Waals surface area contributed by atoms with Gasteiger partial charge in [0.15, 0.2) is 11.5 Å². The van der Waals surface area contributed by atoms with Crippen LogP contribution in [0, 0.1) is 0 Å². The second kappa shape index (κ2) is 9.99. The van der Waals surface area contributed by atoms with Crippen molar-refractivity contribution in [3.05, 3.63) is 46.2 Å². The lowest BCUT2D eigenvalue weighted by molar-refractivity contribution is -0.130. The van der Waals surface area contributed by atoms with Gasteiger partial charge in [-0.2, -0.15) is 0 Å². The molecule has 5 nitrogen and oxygen atoms in total. The second-order valence-electron chi connectivity index (χ2n) is 5.63. The van der Waals surface area contributed by atoms with E-state index >= 15 is 0 Å². The van der Waals surface area contributed by atoms with E-state index in [1.165, 1.54) is 11.3 Å². The Labute approximate surface area is 158 Å². The Morgan fingerprint density at radius 3 is 2.58 bits per heavy atom. The smallest absolute Gasteiger partial charge is 0.337 e. The fourth-order valence-electron chi connectivity index (χ4n) is 2.55. The third-order valence-electron chi connectivity index (χ3n) is 4.08. The van der Waals surface area contributed by atoms with Gasteiger partial charge in [0, 0.05) is 11.4 Å². The fraction of sp³-hybridized carbons (Fsp3) is 0.350. The van der Waals surface area contributed by atoms with Crippen LogP contribution in [0.25, 0.3) is 11.6 Å². The summed E-state index contributed by atoms with van der Waals surface area (Å²) < 4.78 is 11.3. The molecule has 0 bridgehead atoms. The predicted molar refractivity (Wildman–Crippen MR) is 106 cm³/mol. The van der Waals surface area contributed by atoms with E-state index in [9.17, 15) is 9.90 Å². The number of hydrogen-bond acceptors (Lipinski definition) is 5. The molecule has 0 spiro atoms. The van der Waals surface area contributed by atoms with E-state index in [1.54, 1.807) is 25.3 Å². The number of carboxylic acids is 1. The van der Waals surface area contributed by atoms with Crippen molar-refractivity contribution in [3.63, 3.8) is 0 Å². The van der Waals surface area contributed by atoms with Gasteiger partial charge in [0.05, 0.1) is 12.7 Å². The molecule has 0 aliphatic rings. The van der Waals surface area contributed by atoms with E-state index in [-0.39, 0.29) is 5.57 Å². The van der Waals surface area contributed by atoms with Crippen molar-refractivity contribution >= 4 is 29.0 Å². The number of methoxy groups -OCH3 is 1. The van der Waals surface area contributed by atoms with Crippen molar-refractivity contribution < 1.29 is 19.4 Å². The maximum Gasteiger partial charge on any atom is 0.337 e. The number of carboxylic acid groups (broad SMARTS) is 1. The summed E-state index contributed by atoms with van der Waals surface area (Å²) in [5, 5.41) is 11.3. The average molecular weight is 375 g/mol. The Morgan fingerprint density at radius 2 is 2.00 bits per heavy atom. The second-order valence-corrected chi connectivity index (χ2v) is 6.57. The highest BCUT2D eigenvalue weighted by molar-refractivity contribution is 7.11. The van der Waals surface area contributed by atoms with Crippen LogP contribution < -0.4 is 9.47 Å². The molecule has 140 valence electrons. The third kappa shape index (κ3) is 5.34. The molecule has 2 aromatic rings. The van der Waals surface area contributed by atoms with Crippen LogP contribution in [0.3, 0.4) is 0 Å². The zero-order chi connectivity index (χ0) is 18.9. The van der Waals surface area contributed by atoms with Crippen LogP contribution >= 0.6 is 11.3 Å². The van der Waals surface area contributed by atoms with Gasteiger partial charge < -0.3 is 19.5 Å². The van der Waals surface area contributed by atoms with Crippen LogP contribution in [0.15, 0.2) is 35.7 Å². The number of likely N-dealkylation sites (N-methyl/N-ethyl adjacent to an activating group) is 1. The summed E-state index contributed by atoms with van der Waals surface area (Å²) in [5.41, 5.74) is 1.01. The van der Waals surface area contributed by atoms with Crippen molar-refractivity contribution in [1.82, 2.24) is 4.90 Å². The van der Waals surface area contributed by atoms with E-state index in [0.717, 1.165) is 30.1 Å². The molecular formula is C20H25NO4S. The molecule has 0 aliphatic carbocycles. The van der Waals surface area contributed by atoms with Gasteiger partial charge in [0.1, 0.15) is 6.61 Å². The summed E-state index contributed by atoms with van der Waals surface area (Å²) in [7, 11) is 1.58. The van der Waals surface area contributed by atoms with Crippen LogP contribution in [0.1, 0.15) is 24.3 Å². The molecule has 0 amide bonds. The van der Waals surface area contributed by atoms with Gasteiger partial charge in [0.25, 0.3) is 0 Å². The average Bonchev–Trinajstić information content (AvgIpc) is 3.18. The first kappa shape index (κ1) is 20.0. The van der Waals surface area contributed by atoms with Crippen molar-refractivity contribution in [2.45, 2.75) is 13.8 Å². The van der Waals surface area contributed by atoms with Crippen LogP contribution in [0.2, 0.25) is 0 Å². The molecule has 0 atom stereocenters. The molecule has 1 N–H and O–H groups in total. The summed E-state index contributed by atoms with van der Waals surface area (Å²) in [5.74, 6) is 0.296. The summed E-state index contributed by atoms with van der Waals surface area (Å²) in [6.07, 6.45) is 1.65. The Bertz CT molecular complexity index is 736. The van der Waals surface area contributed by atoms with Crippen LogP contribution in [-0.4, -0.2) is 49.3 Å². The molecule has 2 rings (SSSR count). The fourth-order valence-corrected chi connectivity index (χ4v) is 3.29. The number of thiophene rings is 1. The Hall–Kier alpha value is -2.31. The van der Waals surface area contributed by atoms with Gasteiger partial charge in [-0.05, 0) is 48.3 Å². The normalized spacial score (nSPS) is 11.6. The maximum atomic E-state index is 11.6. The quantitative estimate of drug-likeness (QED) is 0.634. The minimum absolute atomic E-state index is 0.261. The molecule has 0 fully saturated rings. The van der Waals surface area contributed by atoms with Crippen molar-refractivity contribution in [2.75, 3.05) is 33.4 Å². The molecule has 0 unspecified atom stereocenters. The highest BCUT2D eigenvalue weighted by Crippen LogP contribution is 2.30. The number of aliphatic carboxylic acids is 1. The molecule has 0 saturated heterocycles. The van der Waals surface area contributed by atoms with E-state index in [4.69, 9.17) is 9.47 Å². The Morgan fingerprint density at radius 1 is 1.23 bits per heavy atom. The highest BCUT2D eigenvalue weighted by Gasteiger charge is 2.13. The molecule has 1 heterocycles. The van der Waals surface area contributed by atoms with Crippen LogP contribution in [0.5, 0.6) is 11.5 Å². The van der Waals surface area contributed by atoms with Gasteiger partial charge in [-0.25, -0.2) is 4.79 Å². The summed E-state index contributed by atoms with van der Waals surface area (Å²) in [6, 6.07) is 9.09. The molecule has 0 aliphatic heterocycles. The van der Waals surface area contributed by atoms with Gasteiger partial charge in [0.2, 0.25) is 0 Å². The van der Waals surface area contributed by atoms with Crippen LogP contribution in [-0.2, 0) is 4.79 Å². The molecule has 1 aromatic heterocycles. The predicted octanol–water partition coefficient (Wildman–Crippen LogP) is 4.10. The summed E-state index contributed by atoms with van der Waals surface area (Å²) in [4.78, 5) is 14.6. The number of rotatable bonds is 10. The SMILES string of the molecule is CCN(CC)CCOc1ccc(/C=C(\C(=O)O)c2cccs2)cc1OC. The van der Waals surface area contributed by atoms with E-state index in [1.807, 2.05) is 23.6 Å². The molecular weight excluding hydrogens is 350 g/mol. The van der Waals surface area contributed by atoms with Crippen molar-refractivity contribution in [1.29, 1.82) is 0 Å². The lowest BCUT2D eigenvalue weighted by atomic mass is 10.1. The van der Waals surface area contributed by atoms with E-state index in [0.29, 0.717) is 18.1 Å². The van der Waals surface area contributed by atoms with E-state index in [2.05, 4.69) is 18.7 Å². The first-order chi connectivity index (χ1) is 12.6. The van der Waals surface area contributed by atoms with Gasteiger partial charge in [-0.15, -0.1) is 11.3 Å². The molecule has 1 aromatic carbocycles. The monoisotopic (exact) mass is 375 g/mol. The van der Waals surface area contributed by atoms with E-state index < -0.39 is 5.97 Å². The Kier molecular flexibility index (Phi) is 7.69. The number of carbonyl (C=O) groups is 1. The minimum Gasteiger partial charge on any atom is -0.493 e. The first-order valence-corrected chi connectivity index (χ1v) is 9.49. The van der Waals surface area contributed by atoms with Crippen LogP contribution in [0.4, 0.5) is 0 Å². The zero-order valence-corrected chi connectivity index (χ0v) is 16.2. The molecule has 0 saturated carbocycles. The van der Waals surface area contributed by atoms with Gasteiger partial charge >= 0.3 is 5.97 Å². The lowest BCUT2D eigenvalue weighted by Crippen LogP contribution is -2.27. The van der Waals surface area contributed by atoms with Gasteiger partial charge in [-0.3, -0.25) is 0 Å². The van der Waals surface area contributed by atoms with Gasteiger partial charge in [-0.1, -0.05) is 26.0 Å². The lowest BCUT2D eigenvalue weighted by Gasteiger charge is -2.18. The topological polar surface area (TPSA) is 59.0 Å². The minimum atomic E-state index is -0.953. The number of benzene rings is 1. The molecule has 6 heteroatoms. The summed E-state index contributed by atoms with van der Waals surface area (Å²) >= 11 is 1.40. The molecule has 0 radical (unpaired) electrons. The van der Waals surface area contributed by atoms with Crippen molar-refractivity contribution in [2.24, 2.45) is 0 Å². The number of hydrogen-bond donors (Lipinski definition) is 1. The van der Waals surface area contributed by atoms with Crippen molar-refractivity contribution in [3.8, 4) is 11.5 Å². The Balaban J connectivity index is 2.17. The summed E-state index contributed by atoms with van der Waals surface area (Å²) in [6.45, 7) is 7.64. The maximum absolute atomic E-state index is 11.6. The molecule has 26 heavy (non-hydrogen) atoms. The zero-order valence-electron chi connectivity index (χ0n) is 15.4. The standard InChI is InChI=1S/C20H25NO4S/c1-4-21(5-2)10-11-25-17-9-8-15(14-18(17)24-3)13-16(20(22)23)19-7-6-12-26-19/h6-9,12-14H,4-5,10-11H2,1-3H3,(H,22,23)/b16-13-. The highest BCUT2D eigenvalue weighted by atomic mass is 32.1.